The third-order valence-electron chi connectivity index (χ3n) is 4.71. The van der Waals surface area contributed by atoms with Crippen LogP contribution in [0.5, 0.6) is 11.6 Å². The van der Waals surface area contributed by atoms with Crippen molar-refractivity contribution in [2.75, 3.05) is 6.54 Å². The predicted octanol–water partition coefficient (Wildman–Crippen LogP) is 5.05. The lowest BCUT2D eigenvalue weighted by atomic mass is 10.2. The summed E-state index contributed by atoms with van der Waals surface area (Å²) in [7, 11) is 0. The van der Waals surface area contributed by atoms with Crippen molar-refractivity contribution in [1.29, 1.82) is 0 Å². The molecule has 0 saturated heterocycles. The molecule has 0 aliphatic rings. The molecule has 1 N–H and O–H groups in total. The van der Waals surface area contributed by atoms with Crippen molar-refractivity contribution in [2.24, 2.45) is 0 Å². The molecule has 0 aliphatic heterocycles. The molecule has 2 aromatic carbocycles. The van der Waals surface area contributed by atoms with Crippen LogP contribution in [-0.4, -0.2) is 33.3 Å². The first-order valence-corrected chi connectivity index (χ1v) is 10.0. The van der Waals surface area contributed by atoms with Gasteiger partial charge in [0.15, 0.2) is 0 Å². The lowest BCUT2D eigenvalue weighted by Gasteiger charge is -2.27. The van der Waals surface area contributed by atoms with Crippen molar-refractivity contribution < 1.29 is 13.9 Å². The number of benzene rings is 2. The number of nitrogens with zero attached hydrogens (tertiary/aromatic N) is 3. The van der Waals surface area contributed by atoms with Crippen LogP contribution in [0.15, 0.2) is 54.6 Å². The maximum Gasteiger partial charge on any atom is 0.317 e. The van der Waals surface area contributed by atoms with Crippen LogP contribution in [0.4, 0.5) is 9.18 Å². The normalized spacial score (nSPS) is 10.9. The number of carbonyl (C=O) groups is 1. The van der Waals surface area contributed by atoms with Crippen LogP contribution in [0.25, 0.3) is 5.69 Å². The molecule has 158 valence electrons. The minimum Gasteiger partial charge on any atom is -0.439 e. The molecular formula is C23H27FN4O2. The quantitative estimate of drug-likeness (QED) is 0.593. The van der Waals surface area contributed by atoms with E-state index in [9.17, 15) is 9.18 Å². The van der Waals surface area contributed by atoms with Crippen LogP contribution < -0.4 is 10.1 Å². The average molecular weight is 410 g/mol. The van der Waals surface area contributed by atoms with E-state index in [1.165, 1.54) is 12.1 Å². The molecule has 3 rings (SSSR count). The van der Waals surface area contributed by atoms with Gasteiger partial charge in [-0.1, -0.05) is 18.2 Å². The first kappa shape index (κ1) is 21.4. The Morgan fingerprint density at radius 1 is 1.17 bits per heavy atom. The molecule has 0 saturated carbocycles. The van der Waals surface area contributed by atoms with Gasteiger partial charge in [0.1, 0.15) is 11.6 Å². The molecular weight excluding hydrogens is 383 g/mol. The Morgan fingerprint density at radius 2 is 1.83 bits per heavy atom. The third kappa shape index (κ3) is 4.79. The monoisotopic (exact) mass is 410 g/mol. The highest BCUT2D eigenvalue weighted by Gasteiger charge is 2.25. The molecule has 0 aliphatic carbocycles. The number of urea groups is 1. The van der Waals surface area contributed by atoms with Crippen LogP contribution in [0.2, 0.25) is 0 Å². The van der Waals surface area contributed by atoms with Gasteiger partial charge in [-0.25, -0.2) is 13.9 Å². The zero-order valence-corrected chi connectivity index (χ0v) is 17.7. The highest BCUT2D eigenvalue weighted by Crippen LogP contribution is 2.32. The van der Waals surface area contributed by atoms with Crippen molar-refractivity contribution in [3.8, 4) is 17.3 Å². The number of aryl methyl sites for hydroxylation is 1. The molecule has 0 unspecified atom stereocenters. The van der Waals surface area contributed by atoms with Crippen molar-refractivity contribution in [3.05, 3.63) is 71.7 Å². The van der Waals surface area contributed by atoms with Crippen molar-refractivity contribution in [2.45, 2.75) is 40.3 Å². The maximum absolute atomic E-state index is 13.4. The van der Waals surface area contributed by atoms with Gasteiger partial charge in [-0.15, -0.1) is 0 Å². The number of aromatic nitrogens is 2. The predicted molar refractivity (Wildman–Crippen MR) is 115 cm³/mol. The Labute approximate surface area is 176 Å². The summed E-state index contributed by atoms with van der Waals surface area (Å²) in [5.41, 5.74) is 2.20. The zero-order valence-electron chi connectivity index (χ0n) is 17.7. The van der Waals surface area contributed by atoms with Gasteiger partial charge in [0, 0.05) is 12.6 Å². The van der Waals surface area contributed by atoms with Crippen LogP contribution in [0, 0.1) is 12.7 Å². The van der Waals surface area contributed by atoms with E-state index in [-0.39, 0.29) is 17.9 Å². The van der Waals surface area contributed by atoms with E-state index in [0.717, 1.165) is 11.3 Å². The fourth-order valence-corrected chi connectivity index (χ4v) is 3.09. The standard InChI is InChI=1S/C23H27FN4O2/c1-5-25-23(29)27(16(2)3)15-21-17(4)26-28(19-13-11-18(24)12-14-19)22(21)30-20-9-7-6-8-10-20/h6-14,16H,5,15H2,1-4H3,(H,25,29). The van der Waals surface area contributed by atoms with E-state index in [1.54, 1.807) is 21.7 Å². The minimum atomic E-state index is -0.324. The second-order valence-corrected chi connectivity index (χ2v) is 7.23. The first-order valence-electron chi connectivity index (χ1n) is 10.0. The van der Waals surface area contributed by atoms with Crippen LogP contribution >= 0.6 is 0 Å². The average Bonchev–Trinajstić information content (AvgIpc) is 3.02. The number of amides is 2. The zero-order chi connectivity index (χ0) is 21.7. The Bertz CT molecular complexity index is 984. The molecule has 1 heterocycles. The SMILES string of the molecule is CCNC(=O)N(Cc1c(C)nn(-c2ccc(F)cc2)c1Oc1ccccc1)C(C)C. The number of hydrogen-bond acceptors (Lipinski definition) is 3. The molecule has 0 radical (unpaired) electrons. The van der Waals surface area contributed by atoms with E-state index in [4.69, 9.17) is 4.74 Å². The van der Waals surface area contributed by atoms with Gasteiger partial charge in [0.25, 0.3) is 0 Å². The number of rotatable bonds is 7. The summed E-state index contributed by atoms with van der Waals surface area (Å²) in [4.78, 5) is 14.3. The fourth-order valence-electron chi connectivity index (χ4n) is 3.09. The molecule has 3 aromatic rings. The van der Waals surface area contributed by atoms with Gasteiger partial charge in [0.2, 0.25) is 5.88 Å². The van der Waals surface area contributed by atoms with Crippen molar-refractivity contribution in [1.82, 2.24) is 20.0 Å². The van der Waals surface area contributed by atoms with Gasteiger partial charge in [0.05, 0.1) is 23.5 Å². The molecule has 30 heavy (non-hydrogen) atoms. The summed E-state index contributed by atoms with van der Waals surface area (Å²) < 4.78 is 21.3. The summed E-state index contributed by atoms with van der Waals surface area (Å²) in [6.45, 7) is 8.57. The number of ether oxygens (including phenoxy) is 1. The smallest absolute Gasteiger partial charge is 0.317 e. The molecule has 0 spiro atoms. The highest BCUT2D eigenvalue weighted by atomic mass is 19.1. The van der Waals surface area contributed by atoms with E-state index in [2.05, 4.69) is 10.4 Å². The topological polar surface area (TPSA) is 59.4 Å². The van der Waals surface area contributed by atoms with Crippen LogP contribution in [0.3, 0.4) is 0 Å². The maximum atomic E-state index is 13.4. The first-order chi connectivity index (χ1) is 14.4. The number of para-hydroxylation sites is 1. The number of hydrogen-bond donors (Lipinski definition) is 1. The molecule has 1 aromatic heterocycles. The lowest BCUT2D eigenvalue weighted by Crippen LogP contribution is -2.43. The summed E-state index contributed by atoms with van der Waals surface area (Å²) in [5, 5.41) is 7.49. The number of halogens is 1. The third-order valence-corrected chi connectivity index (χ3v) is 4.71. The molecule has 0 bridgehead atoms. The highest BCUT2D eigenvalue weighted by molar-refractivity contribution is 5.74. The Kier molecular flexibility index (Phi) is 6.72. The number of nitrogens with one attached hydrogen (secondary N) is 1. The lowest BCUT2D eigenvalue weighted by molar-refractivity contribution is 0.179. The number of carbonyl (C=O) groups excluding carboxylic acids is 1. The molecule has 6 nitrogen and oxygen atoms in total. The van der Waals surface area contributed by atoms with Gasteiger partial charge in [-0.2, -0.15) is 5.10 Å². The van der Waals surface area contributed by atoms with E-state index >= 15 is 0 Å². The summed E-state index contributed by atoms with van der Waals surface area (Å²) in [6, 6.07) is 15.3. The Balaban J connectivity index is 2.07. The summed E-state index contributed by atoms with van der Waals surface area (Å²) in [5.74, 6) is 0.826. The van der Waals surface area contributed by atoms with Gasteiger partial charge >= 0.3 is 6.03 Å². The molecule has 0 atom stereocenters. The van der Waals surface area contributed by atoms with E-state index in [1.807, 2.05) is 58.0 Å². The van der Waals surface area contributed by atoms with E-state index in [0.29, 0.717) is 30.4 Å². The summed E-state index contributed by atoms with van der Waals surface area (Å²) in [6.07, 6.45) is 0. The minimum absolute atomic E-state index is 0.0188. The molecule has 2 amide bonds. The van der Waals surface area contributed by atoms with Crippen LogP contribution in [-0.2, 0) is 6.54 Å². The van der Waals surface area contributed by atoms with Gasteiger partial charge < -0.3 is 15.0 Å². The molecule has 7 heteroatoms. The largest absolute Gasteiger partial charge is 0.439 e. The van der Waals surface area contributed by atoms with E-state index < -0.39 is 0 Å². The second-order valence-electron chi connectivity index (χ2n) is 7.23. The van der Waals surface area contributed by atoms with Gasteiger partial charge in [-0.3, -0.25) is 0 Å². The van der Waals surface area contributed by atoms with Crippen molar-refractivity contribution >= 4 is 6.03 Å². The summed E-state index contributed by atoms with van der Waals surface area (Å²) >= 11 is 0. The Hall–Kier alpha value is -3.35. The molecule has 0 fully saturated rings. The van der Waals surface area contributed by atoms with Gasteiger partial charge in [-0.05, 0) is 64.1 Å². The fraction of sp³-hybridized carbons (Fsp3) is 0.304. The Morgan fingerprint density at radius 3 is 2.43 bits per heavy atom. The van der Waals surface area contributed by atoms with Crippen LogP contribution in [0.1, 0.15) is 32.0 Å². The second kappa shape index (κ2) is 9.43. The van der Waals surface area contributed by atoms with Crippen molar-refractivity contribution in [3.63, 3.8) is 0 Å².